The van der Waals surface area contributed by atoms with Gasteiger partial charge in [-0.25, -0.2) is 9.78 Å². The van der Waals surface area contributed by atoms with Gasteiger partial charge in [0.15, 0.2) is 0 Å². The zero-order chi connectivity index (χ0) is 14.7. The first-order chi connectivity index (χ1) is 9.47. The first kappa shape index (κ1) is 14.5. The van der Waals surface area contributed by atoms with E-state index in [0.717, 1.165) is 12.2 Å². The van der Waals surface area contributed by atoms with Crippen molar-refractivity contribution in [1.82, 2.24) is 4.98 Å². The van der Waals surface area contributed by atoms with E-state index in [9.17, 15) is 9.90 Å². The second-order valence-corrected chi connectivity index (χ2v) is 5.87. The highest BCUT2D eigenvalue weighted by atomic mass is 32.1. The second kappa shape index (κ2) is 6.05. The van der Waals surface area contributed by atoms with Gasteiger partial charge < -0.3 is 10.0 Å². The van der Waals surface area contributed by atoms with Gasteiger partial charge in [-0.2, -0.15) is 11.3 Å². The molecule has 2 aromatic rings. The van der Waals surface area contributed by atoms with Gasteiger partial charge in [0.05, 0.1) is 5.56 Å². The predicted molar refractivity (Wildman–Crippen MR) is 81.7 cm³/mol. The summed E-state index contributed by atoms with van der Waals surface area (Å²) < 4.78 is 0. The van der Waals surface area contributed by atoms with E-state index in [2.05, 4.69) is 16.4 Å². The van der Waals surface area contributed by atoms with Gasteiger partial charge >= 0.3 is 5.97 Å². The van der Waals surface area contributed by atoms with Crippen LogP contribution in [-0.4, -0.2) is 23.1 Å². The van der Waals surface area contributed by atoms with Crippen LogP contribution < -0.4 is 4.90 Å². The molecule has 2 aromatic heterocycles. The van der Waals surface area contributed by atoms with E-state index in [1.165, 1.54) is 5.56 Å². The first-order valence-corrected chi connectivity index (χ1v) is 7.39. The molecule has 106 valence electrons. The van der Waals surface area contributed by atoms with Gasteiger partial charge in [0.2, 0.25) is 0 Å². The van der Waals surface area contributed by atoms with Gasteiger partial charge in [-0.3, -0.25) is 0 Å². The van der Waals surface area contributed by atoms with Crippen molar-refractivity contribution in [3.63, 3.8) is 0 Å². The molecule has 0 saturated carbocycles. The van der Waals surface area contributed by atoms with Crippen LogP contribution in [0, 0.1) is 0 Å². The number of thiophene rings is 1. The van der Waals surface area contributed by atoms with E-state index in [4.69, 9.17) is 0 Å². The Balaban J connectivity index is 2.32. The lowest BCUT2D eigenvalue weighted by Gasteiger charge is -2.19. The minimum Gasteiger partial charge on any atom is -0.478 e. The summed E-state index contributed by atoms with van der Waals surface area (Å²) in [6.45, 7) is 4.74. The molecule has 20 heavy (non-hydrogen) atoms. The maximum atomic E-state index is 11.2. The third-order valence-corrected chi connectivity index (χ3v) is 3.79. The molecule has 0 aromatic carbocycles. The van der Waals surface area contributed by atoms with Crippen molar-refractivity contribution in [2.45, 2.75) is 26.3 Å². The average Bonchev–Trinajstić information content (AvgIpc) is 2.90. The zero-order valence-corrected chi connectivity index (χ0v) is 12.6. The molecule has 0 amide bonds. The Hall–Kier alpha value is -1.88. The van der Waals surface area contributed by atoms with Gasteiger partial charge in [0, 0.05) is 19.3 Å². The summed E-state index contributed by atoms with van der Waals surface area (Å²) in [6.07, 6.45) is 0. The van der Waals surface area contributed by atoms with E-state index in [1.54, 1.807) is 23.5 Å². The summed E-state index contributed by atoms with van der Waals surface area (Å²) in [4.78, 5) is 17.8. The third-order valence-electron chi connectivity index (χ3n) is 3.06. The van der Waals surface area contributed by atoms with Crippen LogP contribution in [-0.2, 0) is 6.54 Å². The molecule has 0 aliphatic heterocycles. The van der Waals surface area contributed by atoms with E-state index < -0.39 is 5.97 Å². The molecule has 5 heteroatoms. The van der Waals surface area contributed by atoms with Crippen LogP contribution in [0.3, 0.4) is 0 Å². The van der Waals surface area contributed by atoms with Crippen LogP contribution >= 0.6 is 11.3 Å². The van der Waals surface area contributed by atoms with Gasteiger partial charge in [-0.05, 0) is 40.4 Å². The topological polar surface area (TPSA) is 53.4 Å². The number of hydrogen-bond donors (Lipinski definition) is 1. The Morgan fingerprint density at radius 3 is 2.75 bits per heavy atom. The Morgan fingerprint density at radius 1 is 1.45 bits per heavy atom. The molecule has 0 aliphatic rings. The Bertz CT molecular complexity index is 594. The average molecular weight is 290 g/mol. The number of anilines is 1. The number of aromatic nitrogens is 1. The Morgan fingerprint density at radius 2 is 2.20 bits per heavy atom. The molecular weight excluding hydrogens is 272 g/mol. The fraction of sp³-hybridized carbons (Fsp3) is 0.333. The third kappa shape index (κ3) is 3.36. The van der Waals surface area contributed by atoms with Crippen molar-refractivity contribution in [3.8, 4) is 0 Å². The van der Waals surface area contributed by atoms with Crippen LogP contribution in [0.25, 0.3) is 0 Å². The molecule has 0 bridgehead atoms. The summed E-state index contributed by atoms with van der Waals surface area (Å²) in [5.74, 6) is -0.0260. The number of aromatic carboxylic acids is 1. The number of carbonyl (C=O) groups is 1. The second-order valence-electron chi connectivity index (χ2n) is 5.09. The lowest BCUT2D eigenvalue weighted by atomic mass is 10.1. The molecule has 0 aliphatic carbocycles. The zero-order valence-electron chi connectivity index (χ0n) is 11.8. The standard InChI is InChI=1S/C15H18N2O2S/c1-10(2)13-6-12(15(18)19)7-14(16-13)17(3)8-11-4-5-20-9-11/h4-7,9-10H,8H2,1-3H3,(H,18,19). The van der Waals surface area contributed by atoms with Crippen LogP contribution in [0.15, 0.2) is 29.0 Å². The number of nitrogens with zero attached hydrogens (tertiary/aromatic N) is 2. The highest BCUT2D eigenvalue weighted by Gasteiger charge is 2.13. The molecule has 2 heterocycles. The van der Waals surface area contributed by atoms with Crippen molar-refractivity contribution in [1.29, 1.82) is 0 Å². The minimum absolute atomic E-state index is 0.197. The summed E-state index contributed by atoms with van der Waals surface area (Å²) >= 11 is 1.65. The largest absolute Gasteiger partial charge is 0.478 e. The molecule has 2 rings (SSSR count). The molecule has 4 nitrogen and oxygen atoms in total. The van der Waals surface area contributed by atoms with Crippen molar-refractivity contribution < 1.29 is 9.90 Å². The summed E-state index contributed by atoms with van der Waals surface area (Å²) in [6, 6.07) is 5.33. The molecule has 0 unspecified atom stereocenters. The van der Waals surface area contributed by atoms with Crippen molar-refractivity contribution >= 4 is 23.1 Å². The summed E-state index contributed by atoms with van der Waals surface area (Å²) in [7, 11) is 1.93. The highest BCUT2D eigenvalue weighted by molar-refractivity contribution is 7.07. The predicted octanol–water partition coefficient (Wildman–Crippen LogP) is 3.60. The van der Waals surface area contributed by atoms with E-state index in [-0.39, 0.29) is 11.5 Å². The summed E-state index contributed by atoms with van der Waals surface area (Å²) in [5, 5.41) is 13.3. The van der Waals surface area contributed by atoms with Gasteiger partial charge in [0.25, 0.3) is 0 Å². The molecular formula is C15H18N2O2S. The first-order valence-electron chi connectivity index (χ1n) is 6.45. The van der Waals surface area contributed by atoms with Gasteiger partial charge in [0.1, 0.15) is 5.82 Å². The van der Waals surface area contributed by atoms with Crippen LogP contribution in [0.2, 0.25) is 0 Å². The monoisotopic (exact) mass is 290 g/mol. The molecule has 0 fully saturated rings. The quantitative estimate of drug-likeness (QED) is 0.914. The highest BCUT2D eigenvalue weighted by Crippen LogP contribution is 2.21. The normalized spacial score (nSPS) is 10.8. The maximum Gasteiger partial charge on any atom is 0.335 e. The Labute approximate surface area is 122 Å². The number of carboxylic acids is 1. The molecule has 0 atom stereocenters. The molecule has 0 spiro atoms. The van der Waals surface area contributed by atoms with E-state index in [0.29, 0.717) is 5.82 Å². The number of pyridine rings is 1. The van der Waals surface area contributed by atoms with Crippen LogP contribution in [0.1, 0.15) is 41.4 Å². The van der Waals surface area contributed by atoms with E-state index in [1.807, 2.05) is 31.2 Å². The Kier molecular flexibility index (Phi) is 4.39. The van der Waals surface area contributed by atoms with Gasteiger partial charge in [-0.1, -0.05) is 13.8 Å². The van der Waals surface area contributed by atoms with Crippen molar-refractivity contribution in [2.24, 2.45) is 0 Å². The fourth-order valence-corrected chi connectivity index (χ4v) is 2.55. The maximum absolute atomic E-state index is 11.2. The van der Waals surface area contributed by atoms with Gasteiger partial charge in [-0.15, -0.1) is 0 Å². The molecule has 0 saturated heterocycles. The smallest absolute Gasteiger partial charge is 0.335 e. The fourth-order valence-electron chi connectivity index (χ4n) is 1.89. The number of rotatable bonds is 5. The number of carboxylic acid groups (broad SMARTS) is 1. The SMILES string of the molecule is CC(C)c1cc(C(=O)O)cc(N(C)Cc2ccsc2)n1. The lowest BCUT2D eigenvalue weighted by Crippen LogP contribution is -2.19. The molecule has 1 N–H and O–H groups in total. The lowest BCUT2D eigenvalue weighted by molar-refractivity contribution is 0.0696. The van der Waals surface area contributed by atoms with E-state index >= 15 is 0 Å². The van der Waals surface area contributed by atoms with Crippen molar-refractivity contribution in [2.75, 3.05) is 11.9 Å². The number of hydrogen-bond acceptors (Lipinski definition) is 4. The molecule has 0 radical (unpaired) electrons. The van der Waals surface area contributed by atoms with Crippen LogP contribution in [0.4, 0.5) is 5.82 Å². The summed E-state index contributed by atoms with van der Waals surface area (Å²) in [5.41, 5.74) is 2.29. The van der Waals surface area contributed by atoms with Crippen molar-refractivity contribution in [3.05, 3.63) is 45.8 Å². The minimum atomic E-state index is -0.917. The van der Waals surface area contributed by atoms with Crippen LogP contribution in [0.5, 0.6) is 0 Å².